The van der Waals surface area contributed by atoms with Gasteiger partial charge in [0.25, 0.3) is 5.91 Å². The van der Waals surface area contributed by atoms with Crippen LogP contribution in [0.5, 0.6) is 5.75 Å². The molecule has 3 N–H and O–H groups in total. The molecule has 0 saturated carbocycles. The Labute approximate surface area is 128 Å². The normalized spacial score (nSPS) is 11.3. The average molecular weight is 292 g/mol. The number of rotatable bonds is 3. The molecule has 0 unspecified atom stereocenters. The average Bonchev–Trinajstić information content (AvgIpc) is 2.83. The van der Waals surface area contributed by atoms with Gasteiger partial charge < -0.3 is 15.4 Å². The number of primary amides is 1. The Morgan fingerprint density at radius 3 is 2.45 bits per heavy atom. The van der Waals surface area contributed by atoms with Gasteiger partial charge in [-0.2, -0.15) is 0 Å². The van der Waals surface area contributed by atoms with Crippen LogP contribution in [0.1, 0.15) is 23.0 Å². The largest absolute Gasteiger partial charge is 0.508 e. The number of hydrogen-bond donors (Lipinski definition) is 2. The number of para-hydroxylation sites is 1. The van der Waals surface area contributed by atoms with Crippen molar-refractivity contribution in [1.82, 2.24) is 4.57 Å². The molecule has 1 heterocycles. The first-order valence-electron chi connectivity index (χ1n) is 6.99. The number of benzene rings is 2. The predicted octanol–water partition coefficient (Wildman–Crippen LogP) is 3.47. The highest BCUT2D eigenvalue weighted by Gasteiger charge is 2.19. The fourth-order valence-electron chi connectivity index (χ4n) is 2.71. The van der Waals surface area contributed by atoms with E-state index in [-0.39, 0.29) is 5.75 Å². The lowest BCUT2D eigenvalue weighted by molar-refractivity contribution is 0.100. The summed E-state index contributed by atoms with van der Waals surface area (Å²) in [5.74, 6) is -0.259. The number of aromatic nitrogens is 1. The third-order valence-electron chi connectivity index (χ3n) is 3.59. The van der Waals surface area contributed by atoms with Crippen LogP contribution in [0.2, 0.25) is 0 Å². The predicted molar refractivity (Wildman–Crippen MR) is 88.2 cm³/mol. The van der Waals surface area contributed by atoms with Crippen LogP contribution < -0.4 is 5.73 Å². The van der Waals surface area contributed by atoms with Crippen molar-refractivity contribution >= 4 is 22.9 Å². The molecule has 0 saturated heterocycles. The Hall–Kier alpha value is -3.01. The van der Waals surface area contributed by atoms with Gasteiger partial charge in [-0.15, -0.1) is 0 Å². The van der Waals surface area contributed by atoms with E-state index in [1.807, 2.05) is 47.9 Å². The smallest absolute Gasteiger partial charge is 0.251 e. The topological polar surface area (TPSA) is 68.2 Å². The van der Waals surface area contributed by atoms with E-state index in [1.165, 1.54) is 0 Å². The van der Waals surface area contributed by atoms with E-state index in [2.05, 4.69) is 0 Å². The van der Waals surface area contributed by atoms with Crippen molar-refractivity contribution < 1.29 is 9.90 Å². The SMILES string of the molecule is C/C=C/c1c(C(N)=O)c2ccccc2n1-c1ccc(O)cc1. The van der Waals surface area contributed by atoms with Crippen molar-refractivity contribution in [1.29, 1.82) is 0 Å². The lowest BCUT2D eigenvalue weighted by Gasteiger charge is -2.09. The van der Waals surface area contributed by atoms with Gasteiger partial charge in [-0.05, 0) is 43.3 Å². The minimum absolute atomic E-state index is 0.197. The quantitative estimate of drug-likeness (QED) is 0.776. The summed E-state index contributed by atoms with van der Waals surface area (Å²) in [4.78, 5) is 11.9. The molecule has 22 heavy (non-hydrogen) atoms. The molecule has 4 heteroatoms. The number of phenols is 1. The molecule has 3 rings (SSSR count). The van der Waals surface area contributed by atoms with Crippen LogP contribution in [0.4, 0.5) is 0 Å². The molecule has 0 atom stereocenters. The van der Waals surface area contributed by atoms with E-state index < -0.39 is 5.91 Å². The number of nitrogens with two attached hydrogens (primary N) is 1. The Morgan fingerprint density at radius 2 is 1.82 bits per heavy atom. The minimum Gasteiger partial charge on any atom is -0.508 e. The van der Waals surface area contributed by atoms with E-state index in [0.717, 1.165) is 22.3 Å². The van der Waals surface area contributed by atoms with Gasteiger partial charge in [0.1, 0.15) is 5.75 Å². The Bertz CT molecular complexity index is 874. The third kappa shape index (κ3) is 2.15. The van der Waals surface area contributed by atoms with Crippen LogP contribution in [-0.2, 0) is 0 Å². The maximum Gasteiger partial charge on any atom is 0.251 e. The molecule has 1 amide bonds. The Balaban J connectivity index is 2.44. The second-order valence-corrected chi connectivity index (χ2v) is 4.99. The van der Waals surface area contributed by atoms with Gasteiger partial charge in [-0.3, -0.25) is 4.79 Å². The number of allylic oxidation sites excluding steroid dienone is 1. The highest BCUT2D eigenvalue weighted by molar-refractivity contribution is 6.10. The van der Waals surface area contributed by atoms with Crippen LogP contribution in [0.15, 0.2) is 54.6 Å². The molecule has 0 radical (unpaired) electrons. The molecule has 110 valence electrons. The second kappa shape index (κ2) is 5.41. The molecule has 0 bridgehead atoms. The molecule has 0 aliphatic heterocycles. The molecular formula is C18H16N2O2. The van der Waals surface area contributed by atoms with Crippen LogP contribution in [0.25, 0.3) is 22.7 Å². The van der Waals surface area contributed by atoms with Gasteiger partial charge in [-0.1, -0.05) is 24.3 Å². The number of carbonyl (C=O) groups excluding carboxylic acids is 1. The van der Waals surface area contributed by atoms with E-state index in [0.29, 0.717) is 5.56 Å². The van der Waals surface area contributed by atoms with E-state index in [9.17, 15) is 9.90 Å². The molecule has 0 aliphatic carbocycles. The summed E-state index contributed by atoms with van der Waals surface area (Å²) in [6.45, 7) is 1.89. The zero-order valence-corrected chi connectivity index (χ0v) is 12.2. The zero-order valence-electron chi connectivity index (χ0n) is 12.2. The first-order chi connectivity index (χ1) is 10.6. The van der Waals surface area contributed by atoms with Crippen molar-refractivity contribution in [2.75, 3.05) is 0 Å². The van der Waals surface area contributed by atoms with E-state index >= 15 is 0 Å². The highest BCUT2D eigenvalue weighted by Crippen LogP contribution is 2.30. The van der Waals surface area contributed by atoms with E-state index in [1.54, 1.807) is 24.3 Å². The first kappa shape index (κ1) is 13.9. The van der Waals surface area contributed by atoms with Crippen LogP contribution in [-0.4, -0.2) is 15.6 Å². The third-order valence-corrected chi connectivity index (χ3v) is 3.59. The summed E-state index contributed by atoms with van der Waals surface area (Å²) < 4.78 is 1.97. The van der Waals surface area contributed by atoms with Crippen molar-refractivity contribution in [3.05, 3.63) is 65.9 Å². The number of hydrogen-bond acceptors (Lipinski definition) is 2. The maximum atomic E-state index is 11.9. The summed E-state index contributed by atoms with van der Waals surface area (Å²) in [6.07, 6.45) is 3.74. The molecule has 0 spiro atoms. The molecule has 0 fully saturated rings. The minimum atomic E-state index is -0.457. The monoisotopic (exact) mass is 292 g/mol. The fraction of sp³-hybridized carbons (Fsp3) is 0.0556. The molecule has 3 aromatic rings. The standard InChI is InChI=1S/C18H16N2O2/c1-2-5-16-17(18(19)22)14-6-3-4-7-15(14)20(16)12-8-10-13(21)11-9-12/h2-11,21H,1H3,(H2,19,22)/b5-2+. The van der Waals surface area contributed by atoms with Crippen LogP contribution in [0, 0.1) is 0 Å². The molecule has 4 nitrogen and oxygen atoms in total. The summed E-state index contributed by atoms with van der Waals surface area (Å²) in [5.41, 5.74) is 8.59. The highest BCUT2D eigenvalue weighted by atomic mass is 16.3. The number of nitrogens with zero attached hydrogens (tertiary/aromatic N) is 1. The molecule has 0 aliphatic rings. The summed E-state index contributed by atoms with van der Waals surface area (Å²) in [7, 11) is 0. The van der Waals surface area contributed by atoms with Crippen LogP contribution >= 0.6 is 0 Å². The molecule has 2 aromatic carbocycles. The van der Waals surface area contributed by atoms with Gasteiger partial charge >= 0.3 is 0 Å². The van der Waals surface area contributed by atoms with Crippen molar-refractivity contribution in [3.63, 3.8) is 0 Å². The number of phenolic OH excluding ortho intramolecular Hbond substituents is 1. The van der Waals surface area contributed by atoms with Crippen molar-refractivity contribution in [2.45, 2.75) is 6.92 Å². The van der Waals surface area contributed by atoms with Gasteiger partial charge in [0.05, 0.1) is 16.8 Å². The van der Waals surface area contributed by atoms with Crippen molar-refractivity contribution in [2.24, 2.45) is 5.73 Å². The first-order valence-corrected chi connectivity index (χ1v) is 6.99. The van der Waals surface area contributed by atoms with Gasteiger partial charge in [0.2, 0.25) is 0 Å². The summed E-state index contributed by atoms with van der Waals surface area (Å²) in [5, 5.41) is 10.3. The number of carbonyl (C=O) groups is 1. The van der Waals surface area contributed by atoms with Crippen LogP contribution in [0.3, 0.4) is 0 Å². The van der Waals surface area contributed by atoms with Gasteiger partial charge in [-0.25, -0.2) is 0 Å². The molecule has 1 aromatic heterocycles. The maximum absolute atomic E-state index is 11.9. The second-order valence-electron chi connectivity index (χ2n) is 4.99. The number of aromatic hydroxyl groups is 1. The number of fused-ring (bicyclic) bond motifs is 1. The summed E-state index contributed by atoms with van der Waals surface area (Å²) >= 11 is 0. The van der Waals surface area contributed by atoms with Gasteiger partial charge in [0, 0.05) is 11.1 Å². The van der Waals surface area contributed by atoms with E-state index in [4.69, 9.17) is 5.73 Å². The van der Waals surface area contributed by atoms with Crippen molar-refractivity contribution in [3.8, 4) is 11.4 Å². The zero-order chi connectivity index (χ0) is 15.7. The Kier molecular flexibility index (Phi) is 3.43. The Morgan fingerprint density at radius 1 is 1.14 bits per heavy atom. The number of amides is 1. The molecular weight excluding hydrogens is 276 g/mol. The fourth-order valence-corrected chi connectivity index (χ4v) is 2.71. The summed E-state index contributed by atoms with van der Waals surface area (Å²) in [6, 6.07) is 14.5. The van der Waals surface area contributed by atoms with Gasteiger partial charge in [0.15, 0.2) is 0 Å². The lowest BCUT2D eigenvalue weighted by Crippen LogP contribution is -2.12. The lowest BCUT2D eigenvalue weighted by atomic mass is 10.1.